The first-order valence-electron chi connectivity index (χ1n) is 10.8. The Morgan fingerprint density at radius 2 is 1.94 bits per heavy atom. The van der Waals surface area contributed by atoms with Crippen molar-refractivity contribution in [2.24, 2.45) is 0 Å². The topological polar surface area (TPSA) is 87.8 Å². The lowest BCUT2D eigenvalue weighted by molar-refractivity contribution is 0.0698. The molecule has 1 fully saturated rings. The molecule has 2 aromatic carbocycles. The maximum absolute atomic E-state index is 11.6. The molecule has 0 saturated carbocycles. The molecule has 1 aliphatic rings. The van der Waals surface area contributed by atoms with Gasteiger partial charge in [-0.2, -0.15) is 0 Å². The molecule has 3 heterocycles. The molecule has 7 nitrogen and oxygen atoms in total. The Morgan fingerprint density at radius 1 is 1.16 bits per heavy atom. The van der Waals surface area contributed by atoms with Crippen LogP contribution in [0.5, 0.6) is 0 Å². The highest BCUT2D eigenvalue weighted by Crippen LogP contribution is 2.38. The van der Waals surface area contributed by atoms with E-state index in [9.17, 15) is 9.90 Å². The summed E-state index contributed by atoms with van der Waals surface area (Å²) in [6.07, 6.45) is 1.83. The predicted octanol–water partition coefficient (Wildman–Crippen LogP) is 5.00. The van der Waals surface area contributed by atoms with Crippen molar-refractivity contribution >= 4 is 39.4 Å². The zero-order valence-corrected chi connectivity index (χ0v) is 18.1. The third kappa shape index (κ3) is 3.54. The molecule has 0 spiro atoms. The lowest BCUT2D eigenvalue weighted by Crippen LogP contribution is -2.36. The summed E-state index contributed by atoms with van der Waals surface area (Å²) in [6, 6.07) is 12.9. The van der Waals surface area contributed by atoms with E-state index in [4.69, 9.17) is 9.15 Å². The van der Waals surface area contributed by atoms with Crippen LogP contribution in [-0.4, -0.2) is 42.4 Å². The quantitative estimate of drug-likeness (QED) is 0.460. The minimum absolute atomic E-state index is 0.176. The number of carboxylic acids is 1. The van der Waals surface area contributed by atoms with Crippen LogP contribution in [0.1, 0.15) is 34.5 Å². The highest BCUT2D eigenvalue weighted by molar-refractivity contribution is 6.07. The van der Waals surface area contributed by atoms with E-state index >= 15 is 0 Å². The van der Waals surface area contributed by atoms with Gasteiger partial charge in [0.2, 0.25) is 0 Å². The predicted molar refractivity (Wildman–Crippen MR) is 125 cm³/mol. The van der Waals surface area contributed by atoms with Gasteiger partial charge in [0.05, 0.1) is 30.5 Å². The van der Waals surface area contributed by atoms with E-state index in [0.717, 1.165) is 52.0 Å². The summed E-state index contributed by atoms with van der Waals surface area (Å²) >= 11 is 0. The second kappa shape index (κ2) is 8.16. The molecule has 32 heavy (non-hydrogen) atoms. The Balaban J connectivity index is 1.61. The van der Waals surface area contributed by atoms with E-state index < -0.39 is 5.97 Å². The van der Waals surface area contributed by atoms with Gasteiger partial charge in [0, 0.05) is 35.9 Å². The molecule has 0 radical (unpaired) electrons. The number of nitrogens with one attached hydrogen (secondary N) is 1. The molecule has 2 aromatic heterocycles. The number of aromatic nitrogens is 1. The average Bonchev–Trinajstić information content (AvgIpc) is 3.18. The number of rotatable bonds is 5. The third-order valence-electron chi connectivity index (χ3n) is 5.95. The molecular weight excluding hydrogens is 406 g/mol. The number of anilines is 2. The Labute approximate surface area is 185 Å². The molecule has 1 saturated heterocycles. The number of pyridine rings is 1. The zero-order valence-electron chi connectivity index (χ0n) is 18.1. The highest BCUT2D eigenvalue weighted by atomic mass is 16.5. The van der Waals surface area contributed by atoms with Crippen LogP contribution in [0.2, 0.25) is 0 Å². The number of aryl methyl sites for hydroxylation is 1. The second-order valence-electron chi connectivity index (χ2n) is 8.16. The number of morpholine rings is 1. The number of para-hydroxylation sites is 1. The van der Waals surface area contributed by atoms with Gasteiger partial charge in [-0.1, -0.05) is 18.2 Å². The van der Waals surface area contributed by atoms with Crippen LogP contribution < -0.4 is 10.2 Å². The highest BCUT2D eigenvalue weighted by Gasteiger charge is 2.22. The van der Waals surface area contributed by atoms with Crippen LogP contribution in [0.15, 0.2) is 53.1 Å². The van der Waals surface area contributed by atoms with Gasteiger partial charge in [-0.05, 0) is 43.7 Å². The van der Waals surface area contributed by atoms with Crippen molar-refractivity contribution in [1.29, 1.82) is 0 Å². The van der Waals surface area contributed by atoms with Gasteiger partial charge < -0.3 is 24.5 Å². The van der Waals surface area contributed by atoms with Crippen molar-refractivity contribution in [3.8, 4) is 0 Å². The van der Waals surface area contributed by atoms with Gasteiger partial charge in [-0.25, -0.2) is 4.79 Å². The maximum atomic E-state index is 11.6. The Bertz CT molecular complexity index is 1310. The van der Waals surface area contributed by atoms with Crippen molar-refractivity contribution in [1.82, 2.24) is 4.98 Å². The van der Waals surface area contributed by atoms with E-state index in [0.29, 0.717) is 18.9 Å². The van der Waals surface area contributed by atoms with Crippen LogP contribution in [0.4, 0.5) is 11.4 Å². The van der Waals surface area contributed by atoms with E-state index in [-0.39, 0.29) is 11.6 Å². The molecule has 0 aliphatic carbocycles. The van der Waals surface area contributed by atoms with E-state index in [2.05, 4.69) is 27.3 Å². The van der Waals surface area contributed by atoms with Crippen molar-refractivity contribution in [2.75, 3.05) is 36.5 Å². The summed E-state index contributed by atoms with van der Waals surface area (Å²) < 4.78 is 12.0. The molecule has 7 heteroatoms. The SMILES string of the molecule is Cc1cc([C@@H](C)Nc2ccccc2C(=O)O)c2oc3c(N4CCOCC4)ccnc3c2c1. The van der Waals surface area contributed by atoms with Gasteiger partial charge >= 0.3 is 5.97 Å². The lowest BCUT2D eigenvalue weighted by Gasteiger charge is -2.28. The third-order valence-corrected chi connectivity index (χ3v) is 5.95. The van der Waals surface area contributed by atoms with Crippen molar-refractivity contribution in [2.45, 2.75) is 19.9 Å². The van der Waals surface area contributed by atoms with E-state index in [1.165, 1.54) is 0 Å². The van der Waals surface area contributed by atoms with Crippen molar-refractivity contribution < 1.29 is 19.1 Å². The van der Waals surface area contributed by atoms with E-state index in [1.807, 2.05) is 32.2 Å². The van der Waals surface area contributed by atoms with Crippen LogP contribution in [-0.2, 0) is 4.74 Å². The average molecular weight is 431 g/mol. The first kappa shape index (κ1) is 20.3. The number of benzene rings is 2. The maximum Gasteiger partial charge on any atom is 0.337 e. The van der Waals surface area contributed by atoms with Crippen LogP contribution in [0.3, 0.4) is 0 Å². The number of carboxylic acid groups (broad SMARTS) is 1. The summed E-state index contributed by atoms with van der Waals surface area (Å²) in [5, 5.41) is 13.9. The number of hydrogen-bond acceptors (Lipinski definition) is 6. The molecule has 2 N–H and O–H groups in total. The minimum atomic E-state index is -0.960. The molecule has 1 aliphatic heterocycles. The Kier molecular flexibility index (Phi) is 5.19. The minimum Gasteiger partial charge on any atom is -0.478 e. The van der Waals surface area contributed by atoms with Crippen LogP contribution in [0, 0.1) is 6.92 Å². The van der Waals surface area contributed by atoms with Gasteiger partial charge in [0.1, 0.15) is 11.1 Å². The molecule has 164 valence electrons. The first-order chi connectivity index (χ1) is 15.5. The number of fused-ring (bicyclic) bond motifs is 3. The molecule has 5 rings (SSSR count). The number of furan rings is 1. The number of hydrogen-bond donors (Lipinski definition) is 2. The largest absolute Gasteiger partial charge is 0.478 e. The molecule has 0 unspecified atom stereocenters. The number of carbonyl (C=O) groups is 1. The Morgan fingerprint density at radius 3 is 2.72 bits per heavy atom. The summed E-state index contributed by atoms with van der Waals surface area (Å²) in [7, 11) is 0. The molecular formula is C25H25N3O4. The van der Waals surface area contributed by atoms with Crippen LogP contribution in [0.25, 0.3) is 22.1 Å². The first-order valence-corrected chi connectivity index (χ1v) is 10.8. The Hall–Kier alpha value is -3.58. The van der Waals surface area contributed by atoms with Gasteiger partial charge in [-0.15, -0.1) is 0 Å². The van der Waals surface area contributed by atoms with E-state index in [1.54, 1.807) is 18.2 Å². The number of aromatic carboxylic acids is 1. The standard InChI is InChI=1S/C25H25N3O4/c1-15-13-18(16(2)27-20-6-4-3-5-17(20)25(29)30)23-19(14-15)22-24(32-23)21(7-8-26-22)28-9-11-31-12-10-28/h3-8,13-14,16,27H,9-12H2,1-2H3,(H,29,30)/t16-/m1/s1. The molecule has 4 aromatic rings. The summed E-state index contributed by atoms with van der Waals surface area (Å²) in [5.41, 5.74) is 6.28. The fourth-order valence-corrected chi connectivity index (χ4v) is 4.40. The monoisotopic (exact) mass is 431 g/mol. The fraction of sp³-hybridized carbons (Fsp3) is 0.280. The number of ether oxygens (including phenoxy) is 1. The van der Waals surface area contributed by atoms with Crippen LogP contribution >= 0.6 is 0 Å². The molecule has 0 bridgehead atoms. The van der Waals surface area contributed by atoms with Crippen molar-refractivity contribution in [3.63, 3.8) is 0 Å². The van der Waals surface area contributed by atoms with Gasteiger partial charge in [0.25, 0.3) is 0 Å². The normalized spacial score (nSPS) is 15.2. The molecule has 0 amide bonds. The lowest BCUT2D eigenvalue weighted by atomic mass is 10.0. The summed E-state index contributed by atoms with van der Waals surface area (Å²) in [6.45, 7) is 7.07. The zero-order chi connectivity index (χ0) is 22.2. The molecule has 1 atom stereocenters. The number of nitrogens with zero attached hydrogens (tertiary/aromatic N) is 2. The van der Waals surface area contributed by atoms with Crippen molar-refractivity contribution in [3.05, 3.63) is 65.4 Å². The smallest absolute Gasteiger partial charge is 0.337 e. The fourth-order valence-electron chi connectivity index (χ4n) is 4.40. The second-order valence-corrected chi connectivity index (χ2v) is 8.16. The van der Waals surface area contributed by atoms with Gasteiger partial charge in [-0.3, -0.25) is 4.98 Å². The van der Waals surface area contributed by atoms with Gasteiger partial charge in [0.15, 0.2) is 5.58 Å². The summed E-state index contributed by atoms with van der Waals surface area (Å²) in [5.74, 6) is -0.960. The summed E-state index contributed by atoms with van der Waals surface area (Å²) in [4.78, 5) is 18.5.